The maximum absolute atomic E-state index is 12.8. The quantitative estimate of drug-likeness (QED) is 0.570. The number of amides is 1. The molecule has 6 nitrogen and oxygen atoms in total. The minimum absolute atomic E-state index is 0.181. The van der Waals surface area contributed by atoms with Crippen molar-refractivity contribution in [3.63, 3.8) is 0 Å². The molecule has 30 heavy (non-hydrogen) atoms. The van der Waals surface area contributed by atoms with Gasteiger partial charge in [0, 0.05) is 11.9 Å². The fourth-order valence-corrected chi connectivity index (χ4v) is 3.31. The maximum Gasteiger partial charge on any atom is 0.261 e. The van der Waals surface area contributed by atoms with E-state index in [0.717, 1.165) is 16.3 Å². The zero-order valence-corrected chi connectivity index (χ0v) is 17.7. The molecule has 1 amide bonds. The van der Waals surface area contributed by atoms with Gasteiger partial charge in [-0.25, -0.2) is 0 Å². The van der Waals surface area contributed by atoms with Crippen LogP contribution in [0.4, 0.5) is 0 Å². The molecule has 0 aliphatic heterocycles. The number of nitrogens with one attached hydrogen (secondary N) is 1. The highest BCUT2D eigenvalue weighted by Gasteiger charge is 2.20. The molecule has 1 N–H and O–H groups in total. The Morgan fingerprint density at radius 1 is 0.900 bits per heavy atom. The number of fused-ring (bicyclic) bond motifs is 1. The molecule has 158 valence electrons. The lowest BCUT2D eigenvalue weighted by molar-refractivity contribution is -0.128. The molecule has 0 aliphatic carbocycles. The lowest BCUT2D eigenvalue weighted by atomic mass is 10.1. The Balaban J connectivity index is 1.73. The molecule has 0 heterocycles. The van der Waals surface area contributed by atoms with E-state index in [1.807, 2.05) is 61.5 Å². The van der Waals surface area contributed by atoms with Crippen molar-refractivity contribution in [3.05, 3.63) is 60.2 Å². The molecule has 3 aromatic carbocycles. The molecule has 0 aromatic heterocycles. The molecule has 3 aromatic rings. The van der Waals surface area contributed by atoms with Gasteiger partial charge in [-0.3, -0.25) is 4.79 Å². The molecule has 0 fully saturated rings. The molecular weight excluding hydrogens is 382 g/mol. The van der Waals surface area contributed by atoms with Gasteiger partial charge < -0.3 is 24.3 Å². The molecular formula is C24H27NO5. The number of hydrogen-bond acceptors (Lipinski definition) is 5. The van der Waals surface area contributed by atoms with E-state index in [9.17, 15) is 4.79 Å². The van der Waals surface area contributed by atoms with E-state index < -0.39 is 6.10 Å². The van der Waals surface area contributed by atoms with Crippen LogP contribution in [0.3, 0.4) is 0 Å². The Morgan fingerprint density at radius 2 is 1.57 bits per heavy atom. The first-order valence-electron chi connectivity index (χ1n) is 9.82. The molecule has 6 heteroatoms. The summed E-state index contributed by atoms with van der Waals surface area (Å²) in [4.78, 5) is 12.8. The Kier molecular flexibility index (Phi) is 7.01. The predicted octanol–water partition coefficient (Wildman–Crippen LogP) is 4.34. The van der Waals surface area contributed by atoms with Gasteiger partial charge in [-0.2, -0.15) is 0 Å². The minimum Gasteiger partial charge on any atom is -0.493 e. The highest BCUT2D eigenvalue weighted by molar-refractivity contribution is 5.89. The van der Waals surface area contributed by atoms with Crippen LogP contribution in [-0.2, 0) is 11.3 Å². The third-order valence-corrected chi connectivity index (χ3v) is 4.87. The van der Waals surface area contributed by atoms with Crippen molar-refractivity contribution in [2.45, 2.75) is 26.0 Å². The van der Waals surface area contributed by atoms with Gasteiger partial charge in [0.25, 0.3) is 5.91 Å². The first-order chi connectivity index (χ1) is 14.6. The molecule has 1 atom stereocenters. The average Bonchev–Trinajstić information content (AvgIpc) is 2.80. The first kappa shape index (κ1) is 21.3. The summed E-state index contributed by atoms with van der Waals surface area (Å²) in [5.74, 6) is 2.11. The fraction of sp³-hybridized carbons (Fsp3) is 0.292. The van der Waals surface area contributed by atoms with Gasteiger partial charge in [0.15, 0.2) is 17.6 Å². The largest absolute Gasteiger partial charge is 0.493 e. The summed E-state index contributed by atoms with van der Waals surface area (Å²) in [6.07, 6.45) is -0.0533. The molecule has 1 unspecified atom stereocenters. The summed E-state index contributed by atoms with van der Waals surface area (Å²) < 4.78 is 22.2. The number of rotatable bonds is 9. The third-order valence-electron chi connectivity index (χ3n) is 4.87. The van der Waals surface area contributed by atoms with Crippen LogP contribution in [-0.4, -0.2) is 33.3 Å². The number of carbonyl (C=O) groups is 1. The second kappa shape index (κ2) is 9.87. The Hall–Kier alpha value is -3.41. The number of carbonyl (C=O) groups excluding carboxylic acids is 1. The van der Waals surface area contributed by atoms with Crippen molar-refractivity contribution in [1.82, 2.24) is 5.32 Å². The first-order valence-corrected chi connectivity index (χ1v) is 9.82. The van der Waals surface area contributed by atoms with E-state index in [-0.39, 0.29) is 5.91 Å². The zero-order chi connectivity index (χ0) is 21.5. The van der Waals surface area contributed by atoms with E-state index in [1.165, 1.54) is 0 Å². The molecule has 0 aliphatic rings. The van der Waals surface area contributed by atoms with Crippen molar-refractivity contribution in [2.75, 3.05) is 21.3 Å². The van der Waals surface area contributed by atoms with Crippen LogP contribution in [0.15, 0.2) is 54.6 Å². The second-order valence-electron chi connectivity index (χ2n) is 6.74. The monoisotopic (exact) mass is 409 g/mol. The molecule has 0 radical (unpaired) electrons. The van der Waals surface area contributed by atoms with E-state index >= 15 is 0 Å². The smallest absolute Gasteiger partial charge is 0.261 e. The molecule has 0 saturated carbocycles. The van der Waals surface area contributed by atoms with Crippen LogP contribution < -0.4 is 24.3 Å². The van der Waals surface area contributed by atoms with Gasteiger partial charge in [0.05, 0.1) is 21.3 Å². The lowest BCUT2D eigenvalue weighted by Crippen LogP contribution is -2.37. The Labute approximate surface area is 176 Å². The summed E-state index contributed by atoms with van der Waals surface area (Å²) in [5.41, 5.74) is 0.831. The van der Waals surface area contributed by atoms with Crippen LogP contribution in [0.5, 0.6) is 23.0 Å². The highest BCUT2D eigenvalue weighted by Crippen LogP contribution is 2.38. The van der Waals surface area contributed by atoms with Crippen LogP contribution in [0.1, 0.15) is 18.9 Å². The average molecular weight is 409 g/mol. The van der Waals surface area contributed by atoms with Crippen molar-refractivity contribution in [1.29, 1.82) is 0 Å². The Bertz CT molecular complexity index is 987. The van der Waals surface area contributed by atoms with Gasteiger partial charge in [0.2, 0.25) is 5.75 Å². The van der Waals surface area contributed by atoms with Gasteiger partial charge in [-0.05, 0) is 35.6 Å². The summed E-state index contributed by atoms with van der Waals surface area (Å²) in [6.45, 7) is 2.24. The van der Waals surface area contributed by atoms with Crippen molar-refractivity contribution >= 4 is 16.7 Å². The molecule has 0 saturated heterocycles. The van der Waals surface area contributed by atoms with E-state index in [4.69, 9.17) is 18.9 Å². The number of benzene rings is 3. The molecule has 0 bridgehead atoms. The van der Waals surface area contributed by atoms with Crippen molar-refractivity contribution in [3.8, 4) is 23.0 Å². The molecule has 0 spiro atoms. The van der Waals surface area contributed by atoms with Crippen molar-refractivity contribution in [2.24, 2.45) is 0 Å². The Morgan fingerprint density at radius 3 is 2.20 bits per heavy atom. The molecule has 3 rings (SSSR count). The standard InChI is InChI=1S/C24H27NO5/c1-5-19(30-20-12-8-10-17-9-6-7-11-18(17)20)24(26)25-15-16-13-21(27-2)23(29-4)22(14-16)28-3/h6-14,19H,5,15H2,1-4H3,(H,25,26). The van der Waals surface area contributed by atoms with Crippen LogP contribution in [0.2, 0.25) is 0 Å². The van der Waals surface area contributed by atoms with E-state index in [0.29, 0.717) is 36.0 Å². The summed E-state index contributed by atoms with van der Waals surface area (Å²) >= 11 is 0. The SMILES string of the molecule is CCC(Oc1cccc2ccccc12)C(=O)NCc1cc(OC)c(OC)c(OC)c1. The van der Waals surface area contributed by atoms with Gasteiger partial charge >= 0.3 is 0 Å². The second-order valence-corrected chi connectivity index (χ2v) is 6.74. The fourth-order valence-electron chi connectivity index (χ4n) is 3.31. The van der Waals surface area contributed by atoms with Gasteiger partial charge in [-0.15, -0.1) is 0 Å². The topological polar surface area (TPSA) is 66.0 Å². The number of hydrogen-bond donors (Lipinski definition) is 1. The maximum atomic E-state index is 12.8. The number of ether oxygens (including phenoxy) is 4. The predicted molar refractivity (Wildman–Crippen MR) is 117 cm³/mol. The van der Waals surface area contributed by atoms with E-state index in [1.54, 1.807) is 21.3 Å². The highest BCUT2D eigenvalue weighted by atomic mass is 16.5. The summed E-state index contributed by atoms with van der Waals surface area (Å²) in [6, 6.07) is 17.4. The number of methoxy groups -OCH3 is 3. The van der Waals surface area contributed by atoms with Gasteiger partial charge in [-0.1, -0.05) is 43.3 Å². The zero-order valence-electron chi connectivity index (χ0n) is 17.7. The van der Waals surface area contributed by atoms with Gasteiger partial charge in [0.1, 0.15) is 5.75 Å². The van der Waals surface area contributed by atoms with Crippen molar-refractivity contribution < 1.29 is 23.7 Å². The summed E-state index contributed by atoms with van der Waals surface area (Å²) in [5, 5.41) is 5.00. The normalized spacial score (nSPS) is 11.6. The van der Waals surface area contributed by atoms with E-state index in [2.05, 4.69) is 5.32 Å². The van der Waals surface area contributed by atoms with Crippen LogP contribution >= 0.6 is 0 Å². The lowest BCUT2D eigenvalue weighted by Gasteiger charge is -2.19. The summed E-state index contributed by atoms with van der Waals surface area (Å²) in [7, 11) is 4.67. The third kappa shape index (κ3) is 4.59. The van der Waals surface area contributed by atoms with Crippen LogP contribution in [0.25, 0.3) is 10.8 Å². The minimum atomic E-state index is -0.599. The van der Waals surface area contributed by atoms with Crippen LogP contribution in [0, 0.1) is 0 Å².